The molecule has 1 heterocycles. The van der Waals surface area contributed by atoms with Crippen LogP contribution in [0, 0.1) is 6.92 Å². The van der Waals surface area contributed by atoms with Crippen LogP contribution in [-0.4, -0.2) is 47.5 Å². The molecule has 0 radical (unpaired) electrons. The number of carboxylic acid groups (broad SMARTS) is 1. The molecule has 7 nitrogen and oxygen atoms in total. The third-order valence-corrected chi connectivity index (χ3v) is 5.94. The number of hydrogen-bond donors (Lipinski definition) is 1. The maximum atomic E-state index is 13.3. The molecule has 3 aromatic carbocycles. The third kappa shape index (κ3) is 5.87. The molecule has 7 heteroatoms. The minimum atomic E-state index is -1.06. The number of rotatable bonds is 9. The van der Waals surface area contributed by atoms with E-state index >= 15 is 0 Å². The van der Waals surface area contributed by atoms with Crippen LogP contribution in [0.2, 0.25) is 0 Å². The van der Waals surface area contributed by atoms with Gasteiger partial charge < -0.3 is 14.6 Å². The first-order valence-electron chi connectivity index (χ1n) is 11.5. The second-order valence-electron chi connectivity index (χ2n) is 8.50. The number of aliphatic carboxylic acids is 1. The smallest absolute Gasteiger partial charge is 0.341 e. The standard InChI is InChI=1S/C28H28N2O5/c1-19-13-26(35-18-28(32)33)25(34-2)17-23(19)24-16-22(14-20-9-5-3-6-10-20)30(29-24)27(31)15-21-11-7-4-8-12-21/h3-13,17,22H,14-16,18H2,1-2H3,(H,32,33). The zero-order valence-electron chi connectivity index (χ0n) is 19.8. The summed E-state index contributed by atoms with van der Waals surface area (Å²) in [5.74, 6) is -0.348. The Balaban J connectivity index is 1.64. The molecule has 1 atom stereocenters. The van der Waals surface area contributed by atoms with Gasteiger partial charge in [0, 0.05) is 12.0 Å². The maximum absolute atomic E-state index is 13.3. The van der Waals surface area contributed by atoms with Gasteiger partial charge in [-0.15, -0.1) is 0 Å². The second-order valence-corrected chi connectivity index (χ2v) is 8.50. The Morgan fingerprint density at radius 3 is 2.29 bits per heavy atom. The first-order chi connectivity index (χ1) is 16.9. The van der Waals surface area contributed by atoms with Gasteiger partial charge in [0.1, 0.15) is 0 Å². The van der Waals surface area contributed by atoms with Crippen LogP contribution >= 0.6 is 0 Å². The zero-order valence-corrected chi connectivity index (χ0v) is 19.8. The SMILES string of the molecule is COc1cc(C2=NN(C(=O)Cc3ccccc3)C(Cc3ccccc3)C2)c(C)cc1OCC(=O)O. The van der Waals surface area contributed by atoms with Crippen molar-refractivity contribution in [2.24, 2.45) is 5.10 Å². The fourth-order valence-electron chi connectivity index (χ4n) is 4.27. The van der Waals surface area contributed by atoms with Gasteiger partial charge in [-0.1, -0.05) is 60.7 Å². The minimum absolute atomic E-state index is 0.0573. The van der Waals surface area contributed by atoms with Crippen molar-refractivity contribution in [3.8, 4) is 11.5 Å². The molecule has 0 saturated heterocycles. The number of aryl methyl sites for hydroxylation is 1. The van der Waals surface area contributed by atoms with Crippen LogP contribution in [0.5, 0.6) is 11.5 Å². The van der Waals surface area contributed by atoms with E-state index in [1.165, 1.54) is 7.11 Å². The van der Waals surface area contributed by atoms with E-state index in [0.29, 0.717) is 24.3 Å². The molecule has 1 N–H and O–H groups in total. The molecule has 180 valence electrons. The third-order valence-electron chi connectivity index (χ3n) is 5.94. The molecule has 1 amide bonds. The summed E-state index contributed by atoms with van der Waals surface area (Å²) in [6.45, 7) is 1.45. The summed E-state index contributed by atoms with van der Waals surface area (Å²) in [4.78, 5) is 24.2. The van der Waals surface area contributed by atoms with E-state index in [2.05, 4.69) is 12.1 Å². The van der Waals surface area contributed by atoms with Crippen LogP contribution in [0.1, 0.15) is 28.7 Å². The van der Waals surface area contributed by atoms with E-state index < -0.39 is 12.6 Å². The molecule has 1 aliphatic rings. The maximum Gasteiger partial charge on any atom is 0.341 e. The van der Waals surface area contributed by atoms with Crippen molar-refractivity contribution in [3.05, 3.63) is 95.1 Å². The number of nitrogens with zero attached hydrogens (tertiary/aromatic N) is 2. The summed E-state index contributed by atoms with van der Waals surface area (Å²) in [6.07, 6.45) is 1.55. The van der Waals surface area contributed by atoms with Crippen molar-refractivity contribution >= 4 is 17.6 Å². The Kier molecular flexibility index (Phi) is 7.45. The van der Waals surface area contributed by atoms with Crippen LogP contribution in [0.25, 0.3) is 0 Å². The summed E-state index contributed by atoms with van der Waals surface area (Å²) in [7, 11) is 1.51. The average molecular weight is 473 g/mol. The lowest BCUT2D eigenvalue weighted by Gasteiger charge is -2.22. The minimum Gasteiger partial charge on any atom is -0.493 e. The van der Waals surface area contributed by atoms with Crippen LogP contribution in [0.3, 0.4) is 0 Å². The lowest BCUT2D eigenvalue weighted by Crippen LogP contribution is -2.35. The lowest BCUT2D eigenvalue weighted by atomic mass is 9.95. The molecule has 3 aromatic rings. The van der Waals surface area contributed by atoms with Crippen molar-refractivity contribution < 1.29 is 24.2 Å². The van der Waals surface area contributed by atoms with Crippen molar-refractivity contribution in [3.63, 3.8) is 0 Å². The van der Waals surface area contributed by atoms with Crippen LogP contribution in [-0.2, 0) is 22.4 Å². The van der Waals surface area contributed by atoms with E-state index in [1.54, 1.807) is 17.1 Å². The number of benzene rings is 3. The topological polar surface area (TPSA) is 88.4 Å². The van der Waals surface area contributed by atoms with Gasteiger partial charge in [-0.25, -0.2) is 9.80 Å². The number of hydrazone groups is 1. The normalized spacial score (nSPS) is 15.0. The largest absolute Gasteiger partial charge is 0.493 e. The van der Waals surface area contributed by atoms with Crippen LogP contribution in [0.15, 0.2) is 77.9 Å². The Bertz CT molecular complexity index is 1220. The molecule has 0 aliphatic carbocycles. The molecule has 4 rings (SSSR count). The number of methoxy groups -OCH3 is 1. The van der Waals surface area contributed by atoms with Crippen LogP contribution < -0.4 is 9.47 Å². The highest BCUT2D eigenvalue weighted by Gasteiger charge is 2.33. The number of amides is 1. The van der Waals surface area contributed by atoms with Gasteiger partial charge in [0.15, 0.2) is 18.1 Å². The van der Waals surface area contributed by atoms with E-state index in [4.69, 9.17) is 19.7 Å². The molecular weight excluding hydrogens is 444 g/mol. The van der Waals surface area contributed by atoms with E-state index in [1.807, 2.05) is 55.5 Å². The fourth-order valence-corrected chi connectivity index (χ4v) is 4.27. The summed E-state index contributed by atoms with van der Waals surface area (Å²) >= 11 is 0. The van der Waals surface area contributed by atoms with Gasteiger partial charge in [-0.3, -0.25) is 4.79 Å². The molecule has 1 aliphatic heterocycles. The molecular formula is C28H28N2O5. The number of carbonyl (C=O) groups excluding carboxylic acids is 1. The molecule has 0 saturated carbocycles. The van der Waals surface area contributed by atoms with Crippen molar-refractivity contribution in [1.29, 1.82) is 0 Å². The predicted octanol–water partition coefficient (Wildman–Crippen LogP) is 4.26. The van der Waals surface area contributed by atoms with Gasteiger partial charge in [-0.2, -0.15) is 5.10 Å². The summed E-state index contributed by atoms with van der Waals surface area (Å²) in [5, 5.41) is 15.4. The first kappa shape index (κ1) is 24.0. The van der Waals surface area contributed by atoms with Crippen molar-refractivity contribution in [1.82, 2.24) is 5.01 Å². The molecule has 0 bridgehead atoms. The van der Waals surface area contributed by atoms with E-state index in [0.717, 1.165) is 28.0 Å². The monoisotopic (exact) mass is 472 g/mol. The lowest BCUT2D eigenvalue weighted by molar-refractivity contribution is -0.139. The Hall–Kier alpha value is -4.13. The summed E-state index contributed by atoms with van der Waals surface area (Å²) < 4.78 is 10.8. The quantitative estimate of drug-likeness (QED) is 0.503. The highest BCUT2D eigenvalue weighted by Crippen LogP contribution is 2.34. The molecule has 0 spiro atoms. The van der Waals surface area contributed by atoms with Gasteiger partial charge in [0.05, 0.1) is 25.3 Å². The molecule has 0 aromatic heterocycles. The highest BCUT2D eigenvalue weighted by molar-refractivity contribution is 6.04. The highest BCUT2D eigenvalue weighted by atomic mass is 16.5. The van der Waals surface area contributed by atoms with Crippen LogP contribution in [0.4, 0.5) is 0 Å². The number of hydrogen-bond acceptors (Lipinski definition) is 5. The number of carboxylic acids is 1. The molecule has 35 heavy (non-hydrogen) atoms. The molecule has 0 fully saturated rings. The Morgan fingerprint density at radius 2 is 1.66 bits per heavy atom. The zero-order chi connectivity index (χ0) is 24.8. The Morgan fingerprint density at radius 1 is 1.00 bits per heavy atom. The van der Waals surface area contributed by atoms with Gasteiger partial charge in [0.2, 0.25) is 5.91 Å². The summed E-state index contributed by atoms with van der Waals surface area (Å²) in [6, 6.07) is 23.2. The Labute approximate surface area is 204 Å². The van der Waals surface area contributed by atoms with Gasteiger partial charge in [-0.05, 0) is 42.2 Å². The van der Waals surface area contributed by atoms with Gasteiger partial charge >= 0.3 is 5.97 Å². The van der Waals surface area contributed by atoms with Gasteiger partial charge in [0.25, 0.3) is 0 Å². The molecule has 1 unspecified atom stereocenters. The van der Waals surface area contributed by atoms with Crippen molar-refractivity contribution in [2.45, 2.75) is 32.2 Å². The summed E-state index contributed by atoms with van der Waals surface area (Å²) in [5.41, 5.74) is 4.57. The average Bonchev–Trinajstić information content (AvgIpc) is 3.27. The fraction of sp³-hybridized carbons (Fsp3) is 0.250. The first-order valence-corrected chi connectivity index (χ1v) is 11.5. The van der Waals surface area contributed by atoms with E-state index in [9.17, 15) is 9.59 Å². The van der Waals surface area contributed by atoms with Crippen molar-refractivity contribution in [2.75, 3.05) is 13.7 Å². The second kappa shape index (κ2) is 10.9. The number of carbonyl (C=O) groups is 2. The predicted molar refractivity (Wildman–Crippen MR) is 133 cm³/mol. The number of ether oxygens (including phenoxy) is 2. The van der Waals surface area contributed by atoms with E-state index in [-0.39, 0.29) is 18.4 Å².